The first-order valence-electron chi connectivity index (χ1n) is 16.8. The first kappa shape index (κ1) is 35.8. The van der Waals surface area contributed by atoms with E-state index in [2.05, 4.69) is 0 Å². The van der Waals surface area contributed by atoms with Crippen LogP contribution >= 0.6 is 0 Å². The van der Waals surface area contributed by atoms with E-state index in [4.69, 9.17) is 9.47 Å². The maximum Gasteiger partial charge on any atom is 0.416 e. The molecule has 0 aliphatic heterocycles. The molecule has 266 valence electrons. The number of rotatable bonds is 7. The Kier molecular flexibility index (Phi) is 9.74. The lowest BCUT2D eigenvalue weighted by Crippen LogP contribution is -2.16. The molecule has 6 rings (SSSR count). The zero-order chi connectivity index (χ0) is 36.1. The normalized spacial score (nSPS) is 16.0. The van der Waals surface area contributed by atoms with Gasteiger partial charge in [-0.3, -0.25) is 0 Å². The van der Waals surface area contributed by atoms with E-state index in [-0.39, 0.29) is 22.6 Å². The molecule has 0 aromatic heterocycles. The lowest BCUT2D eigenvalue weighted by atomic mass is 9.77. The second-order valence-corrected chi connectivity index (χ2v) is 13.5. The number of methoxy groups -OCH3 is 2. The lowest BCUT2D eigenvalue weighted by Gasteiger charge is -2.31. The summed E-state index contributed by atoms with van der Waals surface area (Å²) < 4.78 is 95.2. The number of benzene rings is 4. The lowest BCUT2D eigenvalue weighted by molar-refractivity contribution is -0.138. The number of aryl methyl sites for hydroxylation is 4. The number of aliphatic hydroxyl groups excluding tert-OH is 2. The van der Waals surface area contributed by atoms with Crippen LogP contribution in [-0.2, 0) is 38.0 Å². The van der Waals surface area contributed by atoms with Crippen molar-refractivity contribution in [2.24, 2.45) is 0 Å². The second-order valence-electron chi connectivity index (χ2n) is 13.5. The Balaban J connectivity index is 1.64. The molecule has 2 unspecified atom stereocenters. The highest BCUT2D eigenvalue weighted by atomic mass is 19.4. The summed E-state index contributed by atoms with van der Waals surface area (Å²) in [6.07, 6.45) is -6.01. The van der Waals surface area contributed by atoms with Crippen LogP contribution in [0.2, 0.25) is 0 Å². The average Bonchev–Trinajstić information content (AvgIpc) is 3.08. The first-order valence-corrected chi connectivity index (χ1v) is 16.8. The van der Waals surface area contributed by atoms with Crippen molar-refractivity contribution in [1.29, 1.82) is 0 Å². The summed E-state index contributed by atoms with van der Waals surface area (Å²) in [6.45, 7) is 3.08. The van der Waals surface area contributed by atoms with Crippen molar-refractivity contribution in [3.63, 3.8) is 0 Å². The van der Waals surface area contributed by atoms with Crippen LogP contribution in [-0.4, -0.2) is 24.4 Å². The number of hydrogen-bond donors (Lipinski definition) is 2. The molecule has 4 aromatic carbocycles. The smallest absolute Gasteiger partial charge is 0.416 e. The molecule has 50 heavy (non-hydrogen) atoms. The van der Waals surface area contributed by atoms with Crippen molar-refractivity contribution in [2.75, 3.05) is 14.2 Å². The Morgan fingerprint density at radius 3 is 1.24 bits per heavy atom. The van der Waals surface area contributed by atoms with Crippen LogP contribution < -0.4 is 9.47 Å². The van der Waals surface area contributed by atoms with Gasteiger partial charge in [0, 0.05) is 22.3 Å². The molecule has 0 heterocycles. The molecule has 2 aliphatic rings. The van der Waals surface area contributed by atoms with Crippen LogP contribution in [0, 0.1) is 13.8 Å². The predicted molar refractivity (Wildman–Crippen MR) is 179 cm³/mol. The summed E-state index contributed by atoms with van der Waals surface area (Å²) in [5.74, 6) is 0.557. The van der Waals surface area contributed by atoms with Crippen molar-refractivity contribution in [3.05, 3.63) is 115 Å². The second kappa shape index (κ2) is 13.6. The molecule has 10 heteroatoms. The summed E-state index contributed by atoms with van der Waals surface area (Å²) in [5.41, 5.74) is 4.70. The van der Waals surface area contributed by atoms with E-state index in [9.17, 15) is 36.6 Å². The van der Waals surface area contributed by atoms with Crippen LogP contribution in [0.15, 0.2) is 48.5 Å². The monoisotopic (exact) mass is 698 g/mol. The standard InChI is InChI=1S/C40H40F6O4/c1-21-13-25(17-27(15-21)39(41,42)43)35(47)31-19-23-9-5-7-11-29(23)33(37(31)49-3)34-30-12-8-6-10-24(30)20-32(38(34)50-4)36(48)26-14-22(2)16-28(18-26)40(44,45)46/h13-20,35-36,47-48H,5-12H2,1-4H3. The van der Waals surface area contributed by atoms with Crippen molar-refractivity contribution in [3.8, 4) is 22.6 Å². The molecule has 0 radical (unpaired) electrons. The number of halogens is 6. The van der Waals surface area contributed by atoms with Crippen LogP contribution in [0.5, 0.6) is 11.5 Å². The van der Waals surface area contributed by atoms with Gasteiger partial charge in [-0.2, -0.15) is 26.3 Å². The molecule has 0 spiro atoms. The fourth-order valence-corrected chi connectivity index (χ4v) is 7.82. The zero-order valence-electron chi connectivity index (χ0n) is 28.4. The highest BCUT2D eigenvalue weighted by molar-refractivity contribution is 5.86. The summed E-state index contributed by atoms with van der Waals surface area (Å²) in [6, 6.07) is 10.7. The minimum atomic E-state index is -4.61. The van der Waals surface area contributed by atoms with Gasteiger partial charge in [-0.15, -0.1) is 0 Å². The average molecular weight is 699 g/mol. The van der Waals surface area contributed by atoms with Gasteiger partial charge in [0.05, 0.1) is 25.3 Å². The van der Waals surface area contributed by atoms with Gasteiger partial charge in [-0.1, -0.05) is 23.3 Å². The van der Waals surface area contributed by atoms with E-state index in [1.807, 2.05) is 12.1 Å². The van der Waals surface area contributed by atoms with Crippen LogP contribution in [0.3, 0.4) is 0 Å². The van der Waals surface area contributed by atoms with Crippen LogP contribution in [0.1, 0.15) is 105 Å². The van der Waals surface area contributed by atoms with E-state index in [1.165, 1.54) is 26.4 Å². The van der Waals surface area contributed by atoms with E-state index in [0.717, 1.165) is 72.2 Å². The van der Waals surface area contributed by atoms with Gasteiger partial charge >= 0.3 is 12.4 Å². The van der Waals surface area contributed by atoms with Gasteiger partial charge in [0.2, 0.25) is 0 Å². The number of hydrogen-bond acceptors (Lipinski definition) is 4. The fourth-order valence-electron chi connectivity index (χ4n) is 7.82. The fraction of sp³-hybridized carbons (Fsp3) is 0.400. The van der Waals surface area contributed by atoms with Crippen molar-refractivity contribution >= 4 is 0 Å². The Hall–Kier alpha value is -4.02. The largest absolute Gasteiger partial charge is 0.496 e. The summed E-state index contributed by atoms with van der Waals surface area (Å²) in [5, 5.41) is 23.7. The molecule has 2 N–H and O–H groups in total. The molecule has 0 fully saturated rings. The third-order valence-corrected chi connectivity index (χ3v) is 10.00. The Morgan fingerprint density at radius 1 is 0.540 bits per heavy atom. The Labute approximate surface area is 287 Å². The van der Waals surface area contributed by atoms with E-state index in [0.29, 0.717) is 59.1 Å². The van der Waals surface area contributed by atoms with Gasteiger partial charge in [-0.05, 0) is 135 Å². The van der Waals surface area contributed by atoms with Crippen molar-refractivity contribution < 1.29 is 46.0 Å². The number of fused-ring (bicyclic) bond motifs is 2. The van der Waals surface area contributed by atoms with Gasteiger partial charge in [0.25, 0.3) is 0 Å². The Morgan fingerprint density at radius 2 is 0.900 bits per heavy atom. The van der Waals surface area contributed by atoms with Crippen LogP contribution in [0.25, 0.3) is 11.1 Å². The topological polar surface area (TPSA) is 58.9 Å². The van der Waals surface area contributed by atoms with E-state index < -0.39 is 35.7 Å². The molecular formula is C40H40F6O4. The van der Waals surface area contributed by atoms with E-state index >= 15 is 0 Å². The molecule has 0 saturated carbocycles. The van der Waals surface area contributed by atoms with E-state index in [1.54, 1.807) is 13.8 Å². The predicted octanol–water partition coefficient (Wildman–Crippen LogP) is 9.95. The molecule has 2 atom stereocenters. The maximum absolute atomic E-state index is 13.8. The Bertz CT molecular complexity index is 1790. The summed E-state index contributed by atoms with van der Waals surface area (Å²) in [4.78, 5) is 0. The molecule has 2 aliphatic carbocycles. The summed E-state index contributed by atoms with van der Waals surface area (Å²) in [7, 11) is 2.90. The van der Waals surface area contributed by atoms with Crippen molar-refractivity contribution in [2.45, 2.75) is 89.8 Å². The molecular weight excluding hydrogens is 658 g/mol. The third kappa shape index (κ3) is 6.72. The third-order valence-electron chi connectivity index (χ3n) is 10.00. The SMILES string of the molecule is COc1c(C(O)c2cc(C)cc(C(F)(F)F)c2)cc2c(c1-c1c3c(cc(C(O)c4cc(C)cc(C(F)(F)F)c4)c1OC)CCCC3)CCCC2. The molecule has 4 aromatic rings. The zero-order valence-corrected chi connectivity index (χ0v) is 28.4. The maximum atomic E-state index is 13.8. The molecule has 4 nitrogen and oxygen atoms in total. The first-order chi connectivity index (χ1) is 23.6. The molecule has 0 saturated heterocycles. The highest BCUT2D eigenvalue weighted by Gasteiger charge is 2.36. The van der Waals surface area contributed by atoms with Gasteiger partial charge in [-0.25, -0.2) is 0 Å². The summed E-state index contributed by atoms with van der Waals surface area (Å²) >= 11 is 0. The number of ether oxygens (including phenoxy) is 2. The van der Waals surface area contributed by atoms with Gasteiger partial charge in [0.1, 0.15) is 23.7 Å². The minimum Gasteiger partial charge on any atom is -0.496 e. The molecule has 0 amide bonds. The van der Waals surface area contributed by atoms with Gasteiger partial charge in [0.15, 0.2) is 0 Å². The molecule has 0 bridgehead atoms. The number of aliphatic hydroxyl groups is 2. The minimum absolute atomic E-state index is 0.0652. The highest BCUT2D eigenvalue weighted by Crippen LogP contribution is 2.52. The quantitative estimate of drug-likeness (QED) is 0.189. The van der Waals surface area contributed by atoms with Gasteiger partial charge < -0.3 is 19.7 Å². The van der Waals surface area contributed by atoms with Crippen molar-refractivity contribution in [1.82, 2.24) is 0 Å². The van der Waals surface area contributed by atoms with Crippen LogP contribution in [0.4, 0.5) is 26.3 Å². The number of alkyl halides is 6.